The number of hydrogen-bond acceptors (Lipinski definition) is 3. The van der Waals surface area contributed by atoms with Crippen LogP contribution in [0.2, 0.25) is 0 Å². The topological polar surface area (TPSA) is 39.1 Å². The average molecular weight is 277 g/mol. The van der Waals surface area contributed by atoms with Crippen molar-refractivity contribution in [1.29, 1.82) is 5.26 Å². The first-order chi connectivity index (χ1) is 9.60. The van der Waals surface area contributed by atoms with Crippen molar-refractivity contribution in [2.75, 3.05) is 6.54 Å². The van der Waals surface area contributed by atoms with Gasteiger partial charge < -0.3 is 0 Å². The van der Waals surface area contributed by atoms with E-state index in [9.17, 15) is 5.26 Å². The van der Waals surface area contributed by atoms with Crippen LogP contribution in [0.1, 0.15) is 72.1 Å². The lowest BCUT2D eigenvalue weighted by Gasteiger charge is -2.39. The Hall–Kier alpha value is -0.590. The quantitative estimate of drug-likeness (QED) is 0.774. The van der Waals surface area contributed by atoms with E-state index in [2.05, 4.69) is 37.1 Å². The van der Waals surface area contributed by atoms with Gasteiger partial charge >= 0.3 is 0 Å². The molecule has 0 bridgehead atoms. The number of piperidine rings is 1. The molecule has 1 aliphatic carbocycles. The number of likely N-dealkylation sites (tertiary alicyclic amines) is 1. The first-order valence-corrected chi connectivity index (χ1v) is 8.55. The second-order valence-corrected chi connectivity index (χ2v) is 6.94. The van der Waals surface area contributed by atoms with E-state index in [1.165, 1.54) is 32.1 Å². The highest BCUT2D eigenvalue weighted by atomic mass is 15.2. The molecule has 1 N–H and O–H groups in total. The van der Waals surface area contributed by atoms with Gasteiger partial charge in [-0.1, -0.05) is 13.3 Å². The van der Waals surface area contributed by atoms with Crippen LogP contribution in [0.15, 0.2) is 0 Å². The largest absolute Gasteiger partial charge is 0.298 e. The molecule has 0 aromatic rings. The molecule has 0 radical (unpaired) electrons. The minimum absolute atomic E-state index is 0.274. The summed E-state index contributed by atoms with van der Waals surface area (Å²) in [6, 6.07) is 4.61. The zero-order valence-electron chi connectivity index (χ0n) is 13.5. The Kier molecular flexibility index (Phi) is 5.46. The molecular weight excluding hydrogens is 246 g/mol. The second kappa shape index (κ2) is 6.91. The zero-order valence-corrected chi connectivity index (χ0v) is 13.5. The molecule has 0 aromatic heterocycles. The highest BCUT2D eigenvalue weighted by Crippen LogP contribution is 2.28. The monoisotopic (exact) mass is 277 g/mol. The lowest BCUT2D eigenvalue weighted by molar-refractivity contribution is 0.0987. The van der Waals surface area contributed by atoms with Crippen LogP contribution in [0.4, 0.5) is 0 Å². The Morgan fingerprint density at radius 2 is 1.85 bits per heavy atom. The molecule has 3 nitrogen and oxygen atoms in total. The molecular formula is C17H31N3. The van der Waals surface area contributed by atoms with Crippen molar-refractivity contribution in [3.05, 3.63) is 0 Å². The zero-order chi connectivity index (χ0) is 14.6. The maximum atomic E-state index is 9.57. The van der Waals surface area contributed by atoms with E-state index in [-0.39, 0.29) is 5.54 Å². The Labute approximate surface area is 124 Å². The van der Waals surface area contributed by atoms with Crippen molar-refractivity contribution >= 4 is 0 Å². The third kappa shape index (κ3) is 3.96. The average Bonchev–Trinajstić information content (AvgIpc) is 3.25. The third-order valence-corrected chi connectivity index (χ3v) is 5.27. The fraction of sp³-hybridized carbons (Fsp3) is 0.941. The molecule has 2 aliphatic rings. The fourth-order valence-electron chi connectivity index (χ4n) is 3.62. The molecule has 1 heterocycles. The van der Waals surface area contributed by atoms with Gasteiger partial charge in [0.05, 0.1) is 6.07 Å². The predicted octanol–water partition coefficient (Wildman–Crippen LogP) is 3.45. The molecule has 20 heavy (non-hydrogen) atoms. The van der Waals surface area contributed by atoms with Crippen LogP contribution >= 0.6 is 0 Å². The standard InChI is InChI=1S/C17H31N3/c1-4-17(13-18,19-16-9-10-16)11-6-12-20-14(2)7-5-8-15(20)3/h14-16,19H,4-12H2,1-3H3/t14-,15+,17?. The molecule has 0 amide bonds. The van der Waals surface area contributed by atoms with Gasteiger partial charge in [0.15, 0.2) is 0 Å². The van der Waals surface area contributed by atoms with E-state index in [1.807, 2.05) is 0 Å². The second-order valence-electron chi connectivity index (χ2n) is 6.94. The number of nitrogens with one attached hydrogen (secondary N) is 1. The molecule has 1 saturated carbocycles. The van der Waals surface area contributed by atoms with E-state index < -0.39 is 0 Å². The van der Waals surface area contributed by atoms with Crippen LogP contribution in [0.3, 0.4) is 0 Å². The summed E-state index contributed by atoms with van der Waals surface area (Å²) in [6.07, 6.45) is 9.60. The van der Waals surface area contributed by atoms with Gasteiger partial charge in [0.25, 0.3) is 0 Å². The Balaban J connectivity index is 1.81. The molecule has 2 rings (SSSR count). The van der Waals surface area contributed by atoms with Crippen LogP contribution < -0.4 is 5.32 Å². The summed E-state index contributed by atoms with van der Waals surface area (Å²) in [5.41, 5.74) is -0.274. The maximum absolute atomic E-state index is 9.57. The van der Waals surface area contributed by atoms with Crippen LogP contribution in [0, 0.1) is 11.3 Å². The van der Waals surface area contributed by atoms with E-state index >= 15 is 0 Å². The van der Waals surface area contributed by atoms with E-state index in [1.54, 1.807) is 0 Å². The SMILES string of the molecule is CCC(C#N)(CCCN1[C@H](C)CCC[C@@H]1C)NC1CC1. The molecule has 1 unspecified atom stereocenters. The highest BCUT2D eigenvalue weighted by molar-refractivity contribution is 5.09. The van der Waals surface area contributed by atoms with Crippen molar-refractivity contribution in [2.24, 2.45) is 0 Å². The number of hydrogen-bond donors (Lipinski definition) is 1. The summed E-state index contributed by atoms with van der Waals surface area (Å²) in [6.45, 7) is 8.01. The van der Waals surface area contributed by atoms with Gasteiger partial charge in [0.2, 0.25) is 0 Å². The summed E-state index contributed by atoms with van der Waals surface area (Å²) in [5, 5.41) is 13.2. The number of rotatable bonds is 7. The maximum Gasteiger partial charge on any atom is 0.106 e. The molecule has 1 aliphatic heterocycles. The van der Waals surface area contributed by atoms with Gasteiger partial charge in [0.1, 0.15) is 5.54 Å². The Morgan fingerprint density at radius 3 is 2.35 bits per heavy atom. The number of nitrogens with zero attached hydrogens (tertiary/aromatic N) is 2. The summed E-state index contributed by atoms with van der Waals surface area (Å²) < 4.78 is 0. The first kappa shape index (κ1) is 15.8. The molecule has 114 valence electrons. The highest BCUT2D eigenvalue weighted by Gasteiger charge is 2.35. The van der Waals surface area contributed by atoms with Crippen molar-refractivity contribution in [3.63, 3.8) is 0 Å². The van der Waals surface area contributed by atoms with E-state index in [4.69, 9.17) is 0 Å². The van der Waals surface area contributed by atoms with Gasteiger partial charge in [-0.15, -0.1) is 0 Å². The fourth-order valence-corrected chi connectivity index (χ4v) is 3.62. The lowest BCUT2D eigenvalue weighted by atomic mass is 9.90. The molecule has 0 aromatic carbocycles. The summed E-state index contributed by atoms with van der Waals surface area (Å²) >= 11 is 0. The molecule has 0 spiro atoms. The Morgan fingerprint density at radius 1 is 1.20 bits per heavy atom. The van der Waals surface area contributed by atoms with Crippen LogP contribution in [-0.2, 0) is 0 Å². The van der Waals surface area contributed by atoms with Crippen LogP contribution in [0.25, 0.3) is 0 Å². The van der Waals surface area contributed by atoms with Gasteiger partial charge in [0, 0.05) is 18.1 Å². The molecule has 2 fully saturated rings. The van der Waals surface area contributed by atoms with Crippen LogP contribution in [0.5, 0.6) is 0 Å². The number of nitriles is 1. The Bertz CT molecular complexity index is 335. The molecule has 3 atom stereocenters. The van der Waals surface area contributed by atoms with Gasteiger partial charge in [-0.3, -0.25) is 10.2 Å². The van der Waals surface area contributed by atoms with Gasteiger partial charge in [-0.2, -0.15) is 5.26 Å². The predicted molar refractivity (Wildman–Crippen MR) is 83.5 cm³/mol. The summed E-state index contributed by atoms with van der Waals surface area (Å²) in [7, 11) is 0. The minimum Gasteiger partial charge on any atom is -0.298 e. The minimum atomic E-state index is -0.274. The van der Waals surface area contributed by atoms with Crippen molar-refractivity contribution < 1.29 is 0 Å². The third-order valence-electron chi connectivity index (χ3n) is 5.27. The van der Waals surface area contributed by atoms with Crippen molar-refractivity contribution in [2.45, 2.75) is 95.8 Å². The summed E-state index contributed by atoms with van der Waals surface area (Å²) in [4.78, 5) is 2.65. The van der Waals surface area contributed by atoms with Gasteiger partial charge in [-0.05, 0) is 65.3 Å². The van der Waals surface area contributed by atoms with Gasteiger partial charge in [-0.25, -0.2) is 0 Å². The first-order valence-electron chi connectivity index (χ1n) is 8.55. The van der Waals surface area contributed by atoms with Crippen LogP contribution in [-0.4, -0.2) is 35.1 Å². The van der Waals surface area contributed by atoms with Crippen molar-refractivity contribution in [3.8, 4) is 6.07 Å². The van der Waals surface area contributed by atoms with E-state index in [0.717, 1.165) is 25.8 Å². The lowest BCUT2D eigenvalue weighted by Crippen LogP contribution is -2.47. The molecule has 1 saturated heterocycles. The molecule has 3 heteroatoms. The smallest absolute Gasteiger partial charge is 0.106 e. The van der Waals surface area contributed by atoms with Crippen molar-refractivity contribution in [1.82, 2.24) is 10.2 Å². The summed E-state index contributed by atoms with van der Waals surface area (Å²) in [5.74, 6) is 0. The normalized spacial score (nSPS) is 30.7. The van der Waals surface area contributed by atoms with E-state index in [0.29, 0.717) is 18.1 Å².